The third-order valence-electron chi connectivity index (χ3n) is 8.32. The van der Waals surface area contributed by atoms with Crippen molar-refractivity contribution in [3.63, 3.8) is 0 Å². The van der Waals surface area contributed by atoms with Crippen LogP contribution in [-0.4, -0.2) is 9.13 Å². The van der Waals surface area contributed by atoms with Gasteiger partial charge in [0.1, 0.15) is 11.2 Å². The number of nitrogens with zero attached hydrogens (tertiary/aromatic N) is 3. The highest BCUT2D eigenvalue weighted by molar-refractivity contribution is 6.27. The summed E-state index contributed by atoms with van der Waals surface area (Å²) in [7, 11) is 0. The van der Waals surface area contributed by atoms with E-state index in [0.717, 1.165) is 66.2 Å². The first-order valence-corrected chi connectivity index (χ1v) is 13.7. The molecule has 0 aliphatic heterocycles. The molecule has 0 radical (unpaired) electrons. The molecule has 41 heavy (non-hydrogen) atoms. The molecule has 0 aliphatic carbocycles. The maximum absolute atomic E-state index is 9.55. The lowest BCUT2D eigenvalue weighted by molar-refractivity contribution is 0.669. The minimum absolute atomic E-state index is 0.664. The zero-order chi connectivity index (χ0) is 27.1. The van der Waals surface area contributed by atoms with Gasteiger partial charge in [-0.1, -0.05) is 60.7 Å². The van der Waals surface area contributed by atoms with Crippen LogP contribution in [0.1, 0.15) is 5.56 Å². The Kier molecular flexibility index (Phi) is 4.37. The molecule has 9 rings (SSSR count). The van der Waals surface area contributed by atoms with Gasteiger partial charge in [0.2, 0.25) is 0 Å². The largest absolute Gasteiger partial charge is 0.456 e. The van der Waals surface area contributed by atoms with Gasteiger partial charge in [-0.05, 0) is 66.7 Å². The molecule has 0 saturated carbocycles. The van der Waals surface area contributed by atoms with Crippen LogP contribution >= 0.6 is 0 Å². The summed E-state index contributed by atoms with van der Waals surface area (Å²) >= 11 is 0. The Morgan fingerprint density at radius 2 is 1.10 bits per heavy atom. The molecule has 0 N–H and O–H groups in total. The summed E-state index contributed by atoms with van der Waals surface area (Å²) in [5, 5.41) is 16.5. The summed E-state index contributed by atoms with van der Waals surface area (Å²) in [5.41, 5.74) is 9.11. The zero-order valence-corrected chi connectivity index (χ0v) is 21.9. The average Bonchev–Trinajstić information content (AvgIpc) is 3.68. The number of hydrogen-bond acceptors (Lipinski definition) is 2. The standard InChI is InChI=1S/C37H21N3O/c38-22-23-16-17-32-29(20-23)26-10-1-4-13-30(26)39(32)24-8-7-9-25(21-24)40-31-14-5-2-11-27(31)36-33(40)18-19-35-37(36)28-12-3-6-15-34(28)41-35/h1-21H. The molecular weight excluding hydrogens is 502 g/mol. The SMILES string of the molecule is N#Cc1ccc2c(c1)c1ccccc1n2-c1cccc(-n2c3ccccc3c3c4c(ccc32)oc2ccccc24)c1. The van der Waals surface area contributed by atoms with Gasteiger partial charge >= 0.3 is 0 Å². The van der Waals surface area contributed by atoms with E-state index < -0.39 is 0 Å². The van der Waals surface area contributed by atoms with E-state index >= 15 is 0 Å². The first-order chi connectivity index (χ1) is 20.3. The molecule has 190 valence electrons. The van der Waals surface area contributed by atoms with Crippen LogP contribution in [-0.2, 0) is 0 Å². The molecule has 3 heterocycles. The second-order valence-corrected chi connectivity index (χ2v) is 10.5. The van der Waals surface area contributed by atoms with E-state index in [1.165, 1.54) is 10.8 Å². The Morgan fingerprint density at radius 1 is 0.463 bits per heavy atom. The smallest absolute Gasteiger partial charge is 0.136 e. The highest BCUT2D eigenvalue weighted by Crippen LogP contribution is 2.41. The van der Waals surface area contributed by atoms with E-state index in [9.17, 15) is 5.26 Å². The van der Waals surface area contributed by atoms with E-state index in [1.54, 1.807) is 0 Å². The van der Waals surface area contributed by atoms with Gasteiger partial charge in [-0.2, -0.15) is 5.26 Å². The first-order valence-electron chi connectivity index (χ1n) is 13.7. The Labute approximate surface area is 234 Å². The number of benzene rings is 6. The van der Waals surface area contributed by atoms with Crippen LogP contribution in [0.4, 0.5) is 0 Å². The maximum Gasteiger partial charge on any atom is 0.136 e. The molecule has 0 bridgehead atoms. The Bertz CT molecular complexity index is 2550. The molecule has 4 heteroatoms. The van der Waals surface area contributed by atoms with E-state index in [1.807, 2.05) is 24.3 Å². The molecule has 0 atom stereocenters. The summed E-state index contributed by atoms with van der Waals surface area (Å²) < 4.78 is 10.9. The molecule has 0 saturated heterocycles. The summed E-state index contributed by atoms with van der Waals surface area (Å²) in [6.45, 7) is 0. The highest BCUT2D eigenvalue weighted by atomic mass is 16.3. The quantitative estimate of drug-likeness (QED) is 0.226. The van der Waals surface area contributed by atoms with Crippen molar-refractivity contribution in [3.05, 3.63) is 133 Å². The Morgan fingerprint density at radius 3 is 1.90 bits per heavy atom. The predicted octanol–water partition coefficient (Wildman–Crippen LogP) is 9.65. The van der Waals surface area contributed by atoms with Gasteiger partial charge in [0.05, 0.1) is 33.7 Å². The fourth-order valence-corrected chi connectivity index (χ4v) is 6.64. The minimum atomic E-state index is 0.664. The molecule has 4 nitrogen and oxygen atoms in total. The normalized spacial score (nSPS) is 11.9. The number of fused-ring (bicyclic) bond motifs is 10. The lowest BCUT2D eigenvalue weighted by Crippen LogP contribution is -1.98. The van der Waals surface area contributed by atoms with Gasteiger partial charge in [-0.15, -0.1) is 0 Å². The van der Waals surface area contributed by atoms with Crippen molar-refractivity contribution < 1.29 is 4.42 Å². The topological polar surface area (TPSA) is 46.8 Å². The molecule has 0 fully saturated rings. The van der Waals surface area contributed by atoms with Crippen LogP contribution in [0.2, 0.25) is 0 Å². The maximum atomic E-state index is 9.55. The van der Waals surface area contributed by atoms with Crippen LogP contribution in [0.5, 0.6) is 0 Å². The average molecular weight is 524 g/mol. The minimum Gasteiger partial charge on any atom is -0.456 e. The van der Waals surface area contributed by atoms with Crippen LogP contribution in [0.3, 0.4) is 0 Å². The van der Waals surface area contributed by atoms with Crippen molar-refractivity contribution in [2.24, 2.45) is 0 Å². The molecule has 0 unspecified atom stereocenters. The summed E-state index contributed by atoms with van der Waals surface area (Å²) in [4.78, 5) is 0. The van der Waals surface area contributed by atoms with Gasteiger partial charge < -0.3 is 13.6 Å². The van der Waals surface area contributed by atoms with Crippen molar-refractivity contribution in [2.75, 3.05) is 0 Å². The van der Waals surface area contributed by atoms with E-state index in [2.05, 4.69) is 118 Å². The number of nitriles is 1. The van der Waals surface area contributed by atoms with Gasteiger partial charge in [0.15, 0.2) is 0 Å². The second-order valence-electron chi connectivity index (χ2n) is 10.5. The lowest BCUT2D eigenvalue weighted by atomic mass is 10.1. The molecule has 0 aliphatic rings. The van der Waals surface area contributed by atoms with Crippen molar-refractivity contribution >= 4 is 65.6 Å². The zero-order valence-electron chi connectivity index (χ0n) is 21.9. The van der Waals surface area contributed by atoms with Gasteiger partial charge in [0.25, 0.3) is 0 Å². The van der Waals surface area contributed by atoms with Gasteiger partial charge in [-0.25, -0.2) is 0 Å². The Balaban J connectivity index is 1.36. The summed E-state index contributed by atoms with van der Waals surface area (Å²) in [6, 6.07) is 46.5. The molecule has 9 aromatic rings. The summed E-state index contributed by atoms with van der Waals surface area (Å²) in [5.74, 6) is 0. The monoisotopic (exact) mass is 523 g/mol. The van der Waals surface area contributed by atoms with Crippen molar-refractivity contribution in [1.29, 1.82) is 5.26 Å². The van der Waals surface area contributed by atoms with Crippen LogP contribution in [0.15, 0.2) is 132 Å². The van der Waals surface area contributed by atoms with E-state index in [0.29, 0.717) is 5.56 Å². The molecule has 0 amide bonds. The third kappa shape index (κ3) is 2.98. The van der Waals surface area contributed by atoms with Crippen LogP contribution in [0, 0.1) is 11.3 Å². The predicted molar refractivity (Wildman–Crippen MR) is 167 cm³/mol. The fraction of sp³-hybridized carbons (Fsp3) is 0. The molecular formula is C37H21N3O. The van der Waals surface area contributed by atoms with Crippen molar-refractivity contribution in [3.8, 4) is 17.4 Å². The number of aromatic nitrogens is 2. The van der Waals surface area contributed by atoms with Crippen LogP contribution < -0.4 is 0 Å². The lowest BCUT2D eigenvalue weighted by Gasteiger charge is -2.12. The number of hydrogen-bond donors (Lipinski definition) is 0. The Hall–Kier alpha value is -5.79. The number of rotatable bonds is 2. The first kappa shape index (κ1) is 22.1. The van der Waals surface area contributed by atoms with E-state index in [-0.39, 0.29) is 0 Å². The fourth-order valence-electron chi connectivity index (χ4n) is 6.64. The number of furan rings is 1. The molecule has 6 aromatic carbocycles. The van der Waals surface area contributed by atoms with Crippen molar-refractivity contribution in [1.82, 2.24) is 9.13 Å². The molecule has 3 aromatic heterocycles. The second kappa shape index (κ2) is 8.11. The van der Waals surface area contributed by atoms with Gasteiger partial charge in [-0.3, -0.25) is 0 Å². The van der Waals surface area contributed by atoms with Crippen molar-refractivity contribution in [2.45, 2.75) is 0 Å². The van der Waals surface area contributed by atoms with Crippen LogP contribution in [0.25, 0.3) is 76.9 Å². The van der Waals surface area contributed by atoms with E-state index in [4.69, 9.17) is 4.42 Å². The molecule has 0 spiro atoms. The third-order valence-corrected chi connectivity index (χ3v) is 8.32. The summed E-state index contributed by atoms with van der Waals surface area (Å²) in [6.07, 6.45) is 0. The van der Waals surface area contributed by atoms with Gasteiger partial charge in [0, 0.05) is 43.7 Å². The number of para-hydroxylation sites is 3. The highest BCUT2D eigenvalue weighted by Gasteiger charge is 2.19.